The predicted molar refractivity (Wildman–Crippen MR) is 122 cm³/mol. The number of benzene rings is 1. The first kappa shape index (κ1) is 22.8. The first-order valence-electron chi connectivity index (χ1n) is 11.1. The van der Waals surface area contributed by atoms with Crippen molar-refractivity contribution in [1.29, 1.82) is 0 Å². The van der Waals surface area contributed by atoms with Crippen molar-refractivity contribution in [3.63, 3.8) is 0 Å². The van der Waals surface area contributed by atoms with Gasteiger partial charge in [0.15, 0.2) is 11.5 Å². The number of carboxylic acids is 1. The van der Waals surface area contributed by atoms with Crippen LogP contribution in [0.3, 0.4) is 0 Å². The van der Waals surface area contributed by atoms with E-state index < -0.39 is 17.7 Å². The van der Waals surface area contributed by atoms with Crippen LogP contribution in [0.4, 0.5) is 19.0 Å². The molecule has 35 heavy (non-hydrogen) atoms. The van der Waals surface area contributed by atoms with E-state index in [0.29, 0.717) is 34.2 Å². The predicted octanol–water partition coefficient (Wildman–Crippen LogP) is 4.86. The Morgan fingerprint density at radius 2 is 1.91 bits per heavy atom. The second-order valence-electron chi connectivity index (χ2n) is 8.60. The van der Waals surface area contributed by atoms with Crippen LogP contribution in [0, 0.1) is 5.92 Å². The Morgan fingerprint density at radius 1 is 1.17 bits per heavy atom. The third-order valence-electron chi connectivity index (χ3n) is 6.03. The number of anilines is 1. The summed E-state index contributed by atoms with van der Waals surface area (Å²) >= 11 is 0. The zero-order chi connectivity index (χ0) is 24.7. The van der Waals surface area contributed by atoms with Gasteiger partial charge in [0, 0.05) is 30.5 Å². The molecule has 1 aliphatic carbocycles. The Hall–Kier alpha value is -4.02. The Kier molecular flexibility index (Phi) is 5.62. The van der Waals surface area contributed by atoms with Gasteiger partial charge in [0.1, 0.15) is 11.3 Å². The van der Waals surface area contributed by atoms with Gasteiger partial charge in [-0.3, -0.25) is 4.98 Å². The lowest BCUT2D eigenvalue weighted by Gasteiger charge is -2.17. The second-order valence-corrected chi connectivity index (χ2v) is 8.60. The summed E-state index contributed by atoms with van der Waals surface area (Å²) in [5, 5.41) is 12.9. The highest BCUT2D eigenvalue weighted by Gasteiger charge is 2.31. The smallest absolute Gasteiger partial charge is 0.416 e. The summed E-state index contributed by atoms with van der Waals surface area (Å²) in [6, 6.07) is 8.47. The number of nitrogens with one attached hydrogen (secondary N) is 1. The summed E-state index contributed by atoms with van der Waals surface area (Å²) < 4.78 is 40.9. The van der Waals surface area contributed by atoms with Gasteiger partial charge in [-0.15, -0.1) is 0 Å². The highest BCUT2D eigenvalue weighted by Crippen LogP contribution is 2.36. The Balaban J connectivity index is 1.67. The lowest BCUT2D eigenvalue weighted by Crippen LogP contribution is -2.20. The number of hydrogen-bond donors (Lipinski definition) is 2. The minimum absolute atomic E-state index is 0.0472. The van der Waals surface area contributed by atoms with Gasteiger partial charge in [0.05, 0.1) is 5.56 Å². The molecule has 2 N–H and O–H groups in total. The molecule has 0 saturated heterocycles. The van der Waals surface area contributed by atoms with Crippen molar-refractivity contribution in [2.45, 2.75) is 38.5 Å². The molecule has 1 saturated carbocycles. The maximum absolute atomic E-state index is 13.0. The number of nitrogens with zero attached hydrogens (tertiary/aromatic N) is 5. The van der Waals surface area contributed by atoms with Crippen LogP contribution in [0.1, 0.15) is 41.5 Å². The van der Waals surface area contributed by atoms with E-state index in [2.05, 4.69) is 25.3 Å². The lowest BCUT2D eigenvalue weighted by molar-refractivity contribution is -0.137. The molecule has 1 atom stereocenters. The normalized spacial score (nSPS) is 14.7. The van der Waals surface area contributed by atoms with E-state index in [1.54, 1.807) is 29.1 Å². The van der Waals surface area contributed by atoms with E-state index in [4.69, 9.17) is 0 Å². The maximum atomic E-state index is 13.0. The molecule has 1 aliphatic rings. The second kappa shape index (κ2) is 8.64. The van der Waals surface area contributed by atoms with Gasteiger partial charge in [0.2, 0.25) is 5.82 Å². The van der Waals surface area contributed by atoms with Gasteiger partial charge in [-0.1, -0.05) is 12.1 Å². The number of carbonyl (C=O) groups is 1. The summed E-state index contributed by atoms with van der Waals surface area (Å²) in [6.07, 6.45) is 0.924. The molecule has 0 bridgehead atoms. The van der Waals surface area contributed by atoms with Crippen molar-refractivity contribution in [3.8, 4) is 11.4 Å². The standard InChI is InChI=1S/C24H21F3N6O2/c1-13(15-6-7-15)29-19-18-20(31-21(30-19)23(34)35)32-22(16-3-2-10-28-11-16)33(18)12-14-4-8-17(9-5-14)24(25,26)27/h2-5,8-11,13,15H,6-7,12H2,1H3,(H,34,35)(H,29,30,31)/t13-/m1/s1. The van der Waals surface area contributed by atoms with Crippen molar-refractivity contribution in [2.24, 2.45) is 5.92 Å². The number of carboxylic acid groups (broad SMARTS) is 1. The molecular weight excluding hydrogens is 461 g/mol. The highest BCUT2D eigenvalue weighted by molar-refractivity contribution is 5.92. The van der Waals surface area contributed by atoms with Gasteiger partial charge in [-0.25, -0.2) is 19.7 Å². The fourth-order valence-corrected chi connectivity index (χ4v) is 4.01. The average Bonchev–Trinajstić information content (AvgIpc) is 3.62. The topological polar surface area (TPSA) is 106 Å². The number of imidazole rings is 1. The van der Waals surface area contributed by atoms with Gasteiger partial charge < -0.3 is 15.0 Å². The minimum atomic E-state index is -4.43. The van der Waals surface area contributed by atoms with E-state index in [1.165, 1.54) is 12.1 Å². The third-order valence-corrected chi connectivity index (χ3v) is 6.03. The van der Waals surface area contributed by atoms with Crippen molar-refractivity contribution in [1.82, 2.24) is 24.5 Å². The van der Waals surface area contributed by atoms with E-state index in [1.807, 2.05) is 6.92 Å². The fraction of sp³-hybridized carbons (Fsp3) is 0.292. The SMILES string of the molecule is C[C@@H](Nc1nc(C(=O)O)nc2nc(-c3cccnc3)n(Cc3ccc(C(F)(F)F)cc3)c12)C1CC1. The zero-order valence-corrected chi connectivity index (χ0v) is 18.6. The number of hydrogen-bond acceptors (Lipinski definition) is 6. The van der Waals surface area contributed by atoms with Crippen LogP contribution in [0.15, 0.2) is 48.8 Å². The van der Waals surface area contributed by atoms with Crippen LogP contribution < -0.4 is 5.32 Å². The number of rotatable bonds is 7. The molecule has 0 aliphatic heterocycles. The van der Waals surface area contributed by atoms with Crippen LogP contribution in [0.2, 0.25) is 0 Å². The Bertz CT molecular complexity index is 1380. The number of fused-ring (bicyclic) bond motifs is 1. The molecule has 0 amide bonds. The van der Waals surface area contributed by atoms with E-state index in [-0.39, 0.29) is 24.1 Å². The molecule has 3 heterocycles. The number of alkyl halides is 3. The van der Waals surface area contributed by atoms with Crippen molar-refractivity contribution >= 4 is 23.0 Å². The van der Waals surface area contributed by atoms with Gasteiger partial charge in [-0.2, -0.15) is 13.2 Å². The first-order chi connectivity index (χ1) is 16.7. The number of aromatic nitrogens is 5. The molecule has 4 aromatic rings. The summed E-state index contributed by atoms with van der Waals surface area (Å²) in [5.74, 6) is -0.445. The summed E-state index contributed by atoms with van der Waals surface area (Å²) in [7, 11) is 0. The Morgan fingerprint density at radius 3 is 2.51 bits per heavy atom. The molecule has 1 fully saturated rings. The number of aromatic carboxylic acids is 1. The zero-order valence-electron chi connectivity index (χ0n) is 18.6. The summed E-state index contributed by atoms with van der Waals surface area (Å²) in [6.45, 7) is 2.17. The molecule has 1 aromatic carbocycles. The first-order valence-corrected chi connectivity index (χ1v) is 11.1. The van der Waals surface area contributed by atoms with E-state index >= 15 is 0 Å². The average molecular weight is 482 g/mol. The van der Waals surface area contributed by atoms with Crippen LogP contribution in [0.5, 0.6) is 0 Å². The molecule has 5 rings (SSSR count). The lowest BCUT2D eigenvalue weighted by atomic mass is 10.1. The Labute approximate surface area is 197 Å². The van der Waals surface area contributed by atoms with E-state index in [0.717, 1.165) is 25.0 Å². The summed E-state index contributed by atoms with van der Waals surface area (Å²) in [4.78, 5) is 28.8. The molecule has 0 unspecified atom stereocenters. The van der Waals surface area contributed by atoms with Gasteiger partial charge in [0.25, 0.3) is 0 Å². The molecule has 3 aromatic heterocycles. The number of halogens is 3. The minimum Gasteiger partial charge on any atom is -0.475 e. The van der Waals surface area contributed by atoms with Gasteiger partial charge in [-0.05, 0) is 55.5 Å². The number of pyridine rings is 1. The monoisotopic (exact) mass is 482 g/mol. The van der Waals surface area contributed by atoms with Crippen LogP contribution >= 0.6 is 0 Å². The molecule has 0 radical (unpaired) electrons. The molecule has 180 valence electrons. The van der Waals surface area contributed by atoms with Crippen LogP contribution in [0.25, 0.3) is 22.6 Å². The quantitative estimate of drug-likeness (QED) is 0.387. The van der Waals surface area contributed by atoms with Crippen LogP contribution in [-0.2, 0) is 12.7 Å². The largest absolute Gasteiger partial charge is 0.475 e. The van der Waals surface area contributed by atoms with E-state index in [9.17, 15) is 23.1 Å². The maximum Gasteiger partial charge on any atom is 0.416 e. The summed E-state index contributed by atoms with van der Waals surface area (Å²) in [5.41, 5.74) is 1.16. The third kappa shape index (κ3) is 4.66. The molecular formula is C24H21F3N6O2. The fourth-order valence-electron chi connectivity index (χ4n) is 4.01. The van der Waals surface area contributed by atoms with Crippen molar-refractivity contribution < 1.29 is 23.1 Å². The van der Waals surface area contributed by atoms with Crippen molar-refractivity contribution in [3.05, 3.63) is 65.7 Å². The molecule has 0 spiro atoms. The molecule has 11 heteroatoms. The van der Waals surface area contributed by atoms with Crippen LogP contribution in [-0.4, -0.2) is 41.6 Å². The highest BCUT2D eigenvalue weighted by atomic mass is 19.4. The van der Waals surface area contributed by atoms with Crippen molar-refractivity contribution in [2.75, 3.05) is 5.32 Å². The molecule has 8 nitrogen and oxygen atoms in total. The van der Waals surface area contributed by atoms with Gasteiger partial charge >= 0.3 is 12.1 Å².